The number of halogens is 5. The highest BCUT2D eigenvalue weighted by Gasteiger charge is 2.39. The summed E-state index contributed by atoms with van der Waals surface area (Å²) in [5, 5.41) is 14.6. The van der Waals surface area contributed by atoms with Crippen LogP contribution in [0.2, 0.25) is 0 Å². The minimum Gasteiger partial charge on any atom is -0.388 e. The summed E-state index contributed by atoms with van der Waals surface area (Å²) >= 11 is 5.46. The molecule has 5 atom stereocenters. The Morgan fingerprint density at radius 1 is 1.32 bits per heavy atom. The Hall–Kier alpha value is -2.78. The second-order valence-corrected chi connectivity index (χ2v) is 10.2. The Kier molecular flexibility index (Phi) is 10.5. The molecule has 9 nitrogen and oxygen atoms in total. The number of ether oxygens (including phenoxy) is 1. The number of aliphatic hydroxyl groups is 1. The molecule has 0 bridgehead atoms. The van der Waals surface area contributed by atoms with Gasteiger partial charge in [-0.3, -0.25) is 14.6 Å². The number of carbonyl (C=O) groups is 2. The van der Waals surface area contributed by atoms with E-state index >= 15 is 0 Å². The van der Waals surface area contributed by atoms with Crippen molar-refractivity contribution in [2.45, 2.75) is 82.9 Å². The van der Waals surface area contributed by atoms with Crippen molar-refractivity contribution in [2.24, 2.45) is 4.99 Å². The van der Waals surface area contributed by atoms with Gasteiger partial charge in [0.15, 0.2) is 6.04 Å². The predicted molar refractivity (Wildman–Crippen MR) is 141 cm³/mol. The van der Waals surface area contributed by atoms with E-state index in [1.807, 2.05) is 6.92 Å². The molecule has 222 valence electrons. The quantitative estimate of drug-likeness (QED) is 0.165. The smallest absolute Gasteiger partial charge is 0.388 e. The normalized spacial score (nSPS) is 23.3. The van der Waals surface area contributed by atoms with Crippen molar-refractivity contribution in [1.82, 2.24) is 15.2 Å². The van der Waals surface area contributed by atoms with Gasteiger partial charge in [0.1, 0.15) is 11.9 Å². The molecule has 2 saturated heterocycles. The van der Waals surface area contributed by atoms with Crippen molar-refractivity contribution in [2.75, 3.05) is 25.1 Å². The first-order valence-electron chi connectivity index (χ1n) is 12.8. The van der Waals surface area contributed by atoms with Gasteiger partial charge in [0, 0.05) is 29.9 Å². The SMILES string of the molecule is CC[C@H](Nc1cc(C(F)F)c(C(=S)C(N=C(C)C(=O)N[C@H]2COC[C@H]2O)C(=O)N2CCC[C@@H]2C)cn1)C(F)(F)F. The number of nitrogens with zero attached hydrogens (tertiary/aromatic N) is 3. The molecule has 1 aromatic rings. The van der Waals surface area contributed by atoms with Crippen molar-refractivity contribution >= 4 is 40.4 Å². The van der Waals surface area contributed by atoms with E-state index in [0.717, 1.165) is 12.3 Å². The van der Waals surface area contributed by atoms with Gasteiger partial charge in [0.25, 0.3) is 18.2 Å². The lowest BCUT2D eigenvalue weighted by Gasteiger charge is -2.27. The minimum atomic E-state index is -4.63. The molecule has 2 aliphatic heterocycles. The van der Waals surface area contributed by atoms with E-state index in [4.69, 9.17) is 17.0 Å². The van der Waals surface area contributed by atoms with E-state index in [0.29, 0.717) is 19.4 Å². The number of rotatable bonds is 10. The van der Waals surface area contributed by atoms with Crippen molar-refractivity contribution in [3.05, 3.63) is 23.4 Å². The molecule has 0 spiro atoms. The third-order valence-corrected chi connectivity index (χ3v) is 7.34. The number of aliphatic imine (C=N–C) groups is 1. The van der Waals surface area contributed by atoms with Gasteiger partial charge >= 0.3 is 6.18 Å². The fourth-order valence-electron chi connectivity index (χ4n) is 4.53. The number of hydrogen-bond acceptors (Lipinski definition) is 8. The van der Waals surface area contributed by atoms with Crippen molar-refractivity contribution in [1.29, 1.82) is 0 Å². The first-order chi connectivity index (χ1) is 18.7. The number of anilines is 1. The molecule has 0 aromatic carbocycles. The van der Waals surface area contributed by atoms with Crippen LogP contribution in [-0.4, -0.2) is 93.6 Å². The van der Waals surface area contributed by atoms with E-state index in [9.17, 15) is 36.6 Å². The Morgan fingerprint density at radius 2 is 2.02 bits per heavy atom. The molecule has 2 fully saturated rings. The zero-order valence-electron chi connectivity index (χ0n) is 22.2. The average Bonchev–Trinajstić information content (AvgIpc) is 3.51. The molecule has 40 heavy (non-hydrogen) atoms. The molecule has 0 saturated carbocycles. The van der Waals surface area contributed by atoms with Gasteiger partial charge in [-0.1, -0.05) is 19.1 Å². The molecule has 3 N–H and O–H groups in total. The highest BCUT2D eigenvalue weighted by atomic mass is 32.1. The minimum absolute atomic E-state index is 0.0371. The Balaban J connectivity index is 1.97. The van der Waals surface area contributed by atoms with Crippen molar-refractivity contribution in [3.63, 3.8) is 0 Å². The third kappa shape index (κ3) is 7.49. The first-order valence-corrected chi connectivity index (χ1v) is 13.2. The Bertz CT molecular complexity index is 1140. The van der Waals surface area contributed by atoms with Gasteiger partial charge in [-0.2, -0.15) is 13.2 Å². The second-order valence-electron chi connectivity index (χ2n) is 9.79. The van der Waals surface area contributed by atoms with Crippen LogP contribution >= 0.6 is 12.2 Å². The summed E-state index contributed by atoms with van der Waals surface area (Å²) in [6, 6.07) is -3.67. The standard InChI is InChI=1S/C25H32F5N5O4S/c1-4-18(25(28,29)30)34-19-8-14(22(26)27)15(9-31-19)21(40)20(24(38)35-7-5-6-12(35)2)32-13(3)23(37)33-16-10-39-11-17(16)36/h8-9,12,16-18,20,22,36H,4-7,10-11H2,1-3H3,(H,31,34)(H,33,37)/t12-,16-,17+,18-,20?/m0/s1. The number of hydrogen-bond donors (Lipinski definition) is 3. The summed E-state index contributed by atoms with van der Waals surface area (Å²) in [5.74, 6) is -1.75. The van der Waals surface area contributed by atoms with Crippen LogP contribution in [-0.2, 0) is 14.3 Å². The molecule has 2 aliphatic rings. The maximum Gasteiger partial charge on any atom is 0.408 e. The molecule has 1 aromatic heterocycles. The molecule has 1 unspecified atom stereocenters. The maximum atomic E-state index is 14.1. The average molecular weight is 594 g/mol. The predicted octanol–water partition coefficient (Wildman–Crippen LogP) is 3.21. The molecular formula is C25H32F5N5O4S. The van der Waals surface area contributed by atoms with Gasteiger partial charge in [0.05, 0.1) is 35.9 Å². The zero-order valence-corrected chi connectivity index (χ0v) is 23.0. The fourth-order valence-corrected chi connectivity index (χ4v) is 4.85. The topological polar surface area (TPSA) is 116 Å². The monoisotopic (exact) mass is 593 g/mol. The summed E-state index contributed by atoms with van der Waals surface area (Å²) in [6.07, 6.45) is -6.79. The van der Waals surface area contributed by atoms with Gasteiger partial charge in [-0.05, 0) is 39.2 Å². The van der Waals surface area contributed by atoms with Crippen LogP contribution in [0.5, 0.6) is 0 Å². The lowest BCUT2D eigenvalue weighted by Crippen LogP contribution is -2.47. The number of aliphatic hydroxyl groups excluding tert-OH is 1. The first kappa shape index (κ1) is 31.7. The number of amides is 2. The van der Waals surface area contributed by atoms with Crippen molar-refractivity contribution < 1.29 is 41.4 Å². The third-order valence-electron chi connectivity index (χ3n) is 6.90. The number of thiocarbonyl (C=S) groups is 1. The maximum absolute atomic E-state index is 14.1. The highest BCUT2D eigenvalue weighted by Crippen LogP contribution is 2.30. The zero-order chi connectivity index (χ0) is 29.8. The number of likely N-dealkylation sites (tertiary alicyclic amines) is 1. The number of alkyl halides is 5. The van der Waals surface area contributed by atoms with Crippen LogP contribution in [0.1, 0.15) is 57.6 Å². The van der Waals surface area contributed by atoms with Gasteiger partial charge in [-0.15, -0.1) is 0 Å². The largest absolute Gasteiger partial charge is 0.408 e. The lowest BCUT2D eigenvalue weighted by atomic mass is 10.0. The van der Waals surface area contributed by atoms with E-state index in [2.05, 4.69) is 20.6 Å². The highest BCUT2D eigenvalue weighted by molar-refractivity contribution is 7.81. The Labute approximate surface area is 233 Å². The van der Waals surface area contributed by atoms with Crippen LogP contribution in [0.25, 0.3) is 0 Å². The summed E-state index contributed by atoms with van der Waals surface area (Å²) < 4.78 is 73.0. The van der Waals surface area contributed by atoms with Crippen LogP contribution in [0.15, 0.2) is 17.3 Å². The van der Waals surface area contributed by atoms with Gasteiger partial charge < -0.3 is 25.4 Å². The van der Waals surface area contributed by atoms with E-state index in [1.165, 1.54) is 18.7 Å². The van der Waals surface area contributed by atoms with E-state index in [1.54, 1.807) is 0 Å². The number of carbonyl (C=O) groups excluding carboxylic acids is 2. The molecule has 2 amide bonds. The van der Waals surface area contributed by atoms with Gasteiger partial charge in [-0.25, -0.2) is 13.8 Å². The van der Waals surface area contributed by atoms with Gasteiger partial charge in [0.2, 0.25) is 0 Å². The molecule has 0 radical (unpaired) electrons. The molecule has 3 heterocycles. The second kappa shape index (κ2) is 13.3. The van der Waals surface area contributed by atoms with Crippen LogP contribution in [0, 0.1) is 0 Å². The summed E-state index contributed by atoms with van der Waals surface area (Å²) in [4.78, 5) is 35.6. The van der Waals surface area contributed by atoms with Crippen LogP contribution < -0.4 is 10.6 Å². The van der Waals surface area contributed by atoms with Crippen molar-refractivity contribution in [3.8, 4) is 0 Å². The number of pyridine rings is 1. The molecule has 3 rings (SSSR count). The number of aromatic nitrogens is 1. The lowest BCUT2D eigenvalue weighted by molar-refractivity contribution is -0.143. The fraction of sp³-hybridized carbons (Fsp3) is 0.640. The molecule has 15 heteroatoms. The van der Waals surface area contributed by atoms with E-state index in [-0.39, 0.29) is 41.8 Å². The van der Waals surface area contributed by atoms with Crippen LogP contribution in [0.3, 0.4) is 0 Å². The van der Waals surface area contributed by atoms with Crippen LogP contribution in [0.4, 0.5) is 27.8 Å². The summed E-state index contributed by atoms with van der Waals surface area (Å²) in [6.45, 7) is 4.90. The number of nitrogens with one attached hydrogen (secondary N) is 2. The molecule has 0 aliphatic carbocycles. The Morgan fingerprint density at radius 3 is 2.55 bits per heavy atom. The molecular weight excluding hydrogens is 561 g/mol. The summed E-state index contributed by atoms with van der Waals surface area (Å²) in [7, 11) is 0. The van der Waals surface area contributed by atoms with E-state index < -0.39 is 60.0 Å². The summed E-state index contributed by atoms with van der Waals surface area (Å²) in [5.41, 5.74) is -1.25.